The summed E-state index contributed by atoms with van der Waals surface area (Å²) in [4.78, 5) is 14.4. The Balaban J connectivity index is 1.67. The van der Waals surface area contributed by atoms with Crippen LogP contribution < -0.4 is 9.62 Å². The average molecular weight is 370 g/mol. The van der Waals surface area contributed by atoms with Gasteiger partial charge in [-0.15, -0.1) is 0 Å². The Hall–Kier alpha value is -1.45. The standard InChI is InChI=1S/C16H26N4O4S/c1-12-10-15(19(2)17-12)20-8-5-7-14(16(20)21)18-25(22,23)11-13-6-3-4-9-24-13/h10,13-14,18H,3-9,11H2,1-2H3/t13-,14-/m0/s1. The van der Waals surface area contributed by atoms with E-state index in [2.05, 4.69) is 9.82 Å². The highest BCUT2D eigenvalue weighted by atomic mass is 32.2. The summed E-state index contributed by atoms with van der Waals surface area (Å²) in [5, 5.41) is 4.27. The van der Waals surface area contributed by atoms with Crippen molar-refractivity contribution in [3.8, 4) is 0 Å². The molecule has 0 spiro atoms. The zero-order chi connectivity index (χ0) is 18.0. The first-order valence-electron chi connectivity index (χ1n) is 8.79. The van der Waals surface area contributed by atoms with Crippen LogP contribution in [0.25, 0.3) is 0 Å². The first-order chi connectivity index (χ1) is 11.9. The van der Waals surface area contributed by atoms with Gasteiger partial charge in [0.25, 0.3) is 0 Å². The highest BCUT2D eigenvalue weighted by Gasteiger charge is 2.34. The predicted molar refractivity (Wildman–Crippen MR) is 93.8 cm³/mol. The van der Waals surface area contributed by atoms with E-state index in [0.29, 0.717) is 25.4 Å². The number of anilines is 1. The Morgan fingerprint density at radius 1 is 1.32 bits per heavy atom. The molecule has 25 heavy (non-hydrogen) atoms. The fourth-order valence-electron chi connectivity index (χ4n) is 3.51. The largest absolute Gasteiger partial charge is 0.377 e. The molecule has 140 valence electrons. The highest BCUT2D eigenvalue weighted by Crippen LogP contribution is 2.22. The molecule has 0 unspecified atom stereocenters. The van der Waals surface area contributed by atoms with E-state index in [4.69, 9.17) is 4.74 Å². The van der Waals surface area contributed by atoms with E-state index >= 15 is 0 Å². The van der Waals surface area contributed by atoms with E-state index in [1.165, 1.54) is 0 Å². The van der Waals surface area contributed by atoms with Crippen LogP contribution in [0.4, 0.5) is 5.82 Å². The van der Waals surface area contributed by atoms with Crippen LogP contribution >= 0.6 is 0 Å². The van der Waals surface area contributed by atoms with Gasteiger partial charge in [-0.25, -0.2) is 13.1 Å². The van der Waals surface area contributed by atoms with E-state index in [9.17, 15) is 13.2 Å². The first-order valence-corrected chi connectivity index (χ1v) is 10.4. The number of piperidine rings is 1. The fraction of sp³-hybridized carbons (Fsp3) is 0.750. The van der Waals surface area contributed by atoms with Gasteiger partial charge in [0.1, 0.15) is 11.9 Å². The van der Waals surface area contributed by atoms with E-state index in [1.807, 2.05) is 13.0 Å². The summed E-state index contributed by atoms with van der Waals surface area (Å²) in [6, 6.07) is 1.11. The molecule has 2 atom stereocenters. The molecule has 2 aliphatic rings. The molecule has 2 aliphatic heterocycles. The third-order valence-corrected chi connectivity index (χ3v) is 6.15. The van der Waals surface area contributed by atoms with Crippen molar-refractivity contribution in [2.45, 2.75) is 51.2 Å². The predicted octanol–water partition coefficient (Wildman–Crippen LogP) is 0.712. The Labute approximate surface area is 148 Å². The molecule has 1 aromatic heterocycles. The molecule has 0 radical (unpaired) electrons. The minimum atomic E-state index is -3.57. The lowest BCUT2D eigenvalue weighted by atomic mass is 10.1. The molecule has 0 aliphatic carbocycles. The molecule has 8 nitrogen and oxygen atoms in total. The van der Waals surface area contributed by atoms with Gasteiger partial charge in [-0.05, 0) is 39.0 Å². The molecular weight excluding hydrogens is 344 g/mol. The molecule has 0 saturated carbocycles. The third-order valence-electron chi connectivity index (χ3n) is 4.69. The Kier molecular flexibility index (Phi) is 5.45. The number of amides is 1. The second-order valence-electron chi connectivity index (χ2n) is 6.84. The topological polar surface area (TPSA) is 93.5 Å². The van der Waals surface area contributed by atoms with E-state index in [0.717, 1.165) is 31.4 Å². The van der Waals surface area contributed by atoms with Crippen molar-refractivity contribution >= 4 is 21.7 Å². The Morgan fingerprint density at radius 3 is 2.76 bits per heavy atom. The maximum atomic E-state index is 12.8. The maximum absolute atomic E-state index is 12.8. The number of carbonyl (C=O) groups excluding carboxylic acids is 1. The first kappa shape index (κ1) is 18.3. The number of hydrogen-bond donors (Lipinski definition) is 1. The lowest BCUT2D eigenvalue weighted by Crippen LogP contribution is -2.53. The number of carbonyl (C=O) groups is 1. The number of sulfonamides is 1. The van der Waals surface area contributed by atoms with Gasteiger partial charge in [-0.2, -0.15) is 5.10 Å². The van der Waals surface area contributed by atoms with Gasteiger partial charge in [0.15, 0.2) is 0 Å². The molecule has 1 amide bonds. The van der Waals surface area contributed by atoms with Crippen molar-refractivity contribution < 1.29 is 17.9 Å². The van der Waals surface area contributed by atoms with E-state index in [-0.39, 0.29) is 17.8 Å². The molecular formula is C16H26N4O4S. The van der Waals surface area contributed by atoms with Gasteiger partial charge >= 0.3 is 0 Å². The van der Waals surface area contributed by atoms with Crippen molar-refractivity contribution in [2.24, 2.45) is 7.05 Å². The number of hydrogen-bond acceptors (Lipinski definition) is 5. The minimum absolute atomic E-state index is 0.0817. The minimum Gasteiger partial charge on any atom is -0.377 e. The molecule has 3 rings (SSSR count). The number of nitrogens with zero attached hydrogens (tertiary/aromatic N) is 3. The van der Waals surface area contributed by atoms with Gasteiger partial charge in [-0.3, -0.25) is 14.4 Å². The maximum Gasteiger partial charge on any atom is 0.246 e. The van der Waals surface area contributed by atoms with Crippen molar-refractivity contribution in [3.05, 3.63) is 11.8 Å². The second kappa shape index (κ2) is 7.43. The Bertz CT molecular complexity index is 724. The number of rotatable bonds is 5. The molecule has 2 fully saturated rings. The van der Waals surface area contributed by atoms with Crippen LogP contribution in [0.1, 0.15) is 37.8 Å². The van der Waals surface area contributed by atoms with Crippen LogP contribution in [0.15, 0.2) is 6.07 Å². The van der Waals surface area contributed by atoms with E-state index < -0.39 is 16.1 Å². The monoisotopic (exact) mass is 370 g/mol. The third kappa shape index (κ3) is 4.39. The summed E-state index contributed by atoms with van der Waals surface area (Å²) in [6.45, 7) is 3.04. The van der Waals surface area contributed by atoms with Crippen LogP contribution in [0.3, 0.4) is 0 Å². The van der Waals surface area contributed by atoms with Crippen molar-refractivity contribution in [1.29, 1.82) is 0 Å². The number of ether oxygens (including phenoxy) is 1. The molecule has 1 aromatic rings. The highest BCUT2D eigenvalue weighted by molar-refractivity contribution is 7.89. The summed E-state index contributed by atoms with van der Waals surface area (Å²) in [6.07, 6.45) is 3.68. The quantitative estimate of drug-likeness (QED) is 0.824. The van der Waals surface area contributed by atoms with Crippen molar-refractivity contribution in [2.75, 3.05) is 23.8 Å². The number of nitrogens with one attached hydrogen (secondary N) is 1. The number of aromatic nitrogens is 2. The summed E-state index contributed by atoms with van der Waals surface area (Å²) in [5.41, 5.74) is 0.822. The zero-order valence-electron chi connectivity index (χ0n) is 14.8. The van der Waals surface area contributed by atoms with Crippen LogP contribution in [0.5, 0.6) is 0 Å². The van der Waals surface area contributed by atoms with Crippen LogP contribution in [0, 0.1) is 6.92 Å². The molecule has 0 bridgehead atoms. The van der Waals surface area contributed by atoms with Crippen LogP contribution in [-0.2, 0) is 26.6 Å². The van der Waals surface area contributed by atoms with Gasteiger partial charge < -0.3 is 4.74 Å². The number of aryl methyl sites for hydroxylation is 2. The summed E-state index contributed by atoms with van der Waals surface area (Å²) in [7, 11) is -1.79. The van der Waals surface area contributed by atoms with Gasteiger partial charge in [0, 0.05) is 26.3 Å². The van der Waals surface area contributed by atoms with Crippen molar-refractivity contribution in [1.82, 2.24) is 14.5 Å². The zero-order valence-corrected chi connectivity index (χ0v) is 15.6. The lowest BCUT2D eigenvalue weighted by Gasteiger charge is -2.32. The normalized spacial score (nSPS) is 25.4. The van der Waals surface area contributed by atoms with E-state index in [1.54, 1.807) is 16.6 Å². The van der Waals surface area contributed by atoms with Gasteiger partial charge in [0.2, 0.25) is 15.9 Å². The van der Waals surface area contributed by atoms with Gasteiger partial charge in [0.05, 0.1) is 17.6 Å². The molecule has 1 N–H and O–H groups in total. The van der Waals surface area contributed by atoms with Crippen LogP contribution in [-0.4, -0.2) is 55.2 Å². The molecule has 2 saturated heterocycles. The fourth-order valence-corrected chi connectivity index (χ4v) is 5.01. The summed E-state index contributed by atoms with van der Waals surface area (Å²) >= 11 is 0. The Morgan fingerprint density at radius 2 is 2.12 bits per heavy atom. The lowest BCUT2D eigenvalue weighted by molar-refractivity contribution is -0.121. The second-order valence-corrected chi connectivity index (χ2v) is 8.64. The van der Waals surface area contributed by atoms with Crippen molar-refractivity contribution in [3.63, 3.8) is 0 Å². The summed E-state index contributed by atoms with van der Waals surface area (Å²) < 4.78 is 34.6. The summed E-state index contributed by atoms with van der Waals surface area (Å²) in [5.74, 6) is 0.395. The molecule has 3 heterocycles. The smallest absolute Gasteiger partial charge is 0.246 e. The van der Waals surface area contributed by atoms with Crippen LogP contribution in [0.2, 0.25) is 0 Å². The van der Waals surface area contributed by atoms with Gasteiger partial charge in [-0.1, -0.05) is 0 Å². The molecule has 0 aromatic carbocycles. The SMILES string of the molecule is Cc1cc(N2CCC[C@H](NS(=O)(=O)C[C@@H]3CCCCO3)C2=O)n(C)n1. The molecule has 9 heteroatoms. The average Bonchev–Trinajstić information content (AvgIpc) is 2.88.